The first kappa shape index (κ1) is 21.1. The lowest BCUT2D eigenvalue weighted by molar-refractivity contribution is -0.127. The number of aromatic nitrogens is 1. The summed E-state index contributed by atoms with van der Waals surface area (Å²) in [6, 6.07) is 17.4. The molecule has 3 rings (SSSR count). The Hall–Kier alpha value is -3.60. The molecule has 0 unspecified atom stereocenters. The number of carbonyl (C=O) groups is 1. The Labute approximate surface area is 177 Å². The van der Waals surface area contributed by atoms with Gasteiger partial charge in [0, 0.05) is 37.1 Å². The van der Waals surface area contributed by atoms with Crippen molar-refractivity contribution < 1.29 is 14.3 Å². The number of methoxy groups -OCH3 is 2. The summed E-state index contributed by atoms with van der Waals surface area (Å²) in [6.45, 7) is 3.04. The smallest absolute Gasteiger partial charge is 0.247 e. The molecule has 0 radical (unpaired) electrons. The molecule has 154 valence electrons. The summed E-state index contributed by atoms with van der Waals surface area (Å²) in [5.74, 6) is 1.29. The molecule has 1 heterocycles. The van der Waals surface area contributed by atoms with Crippen LogP contribution in [0.3, 0.4) is 0 Å². The summed E-state index contributed by atoms with van der Waals surface area (Å²) in [7, 11) is 3.21. The Morgan fingerprint density at radius 1 is 1.03 bits per heavy atom. The molecule has 5 nitrogen and oxygen atoms in total. The zero-order chi connectivity index (χ0) is 21.3. The van der Waals surface area contributed by atoms with Crippen molar-refractivity contribution in [2.75, 3.05) is 14.2 Å². The molecule has 3 aromatic rings. The highest BCUT2D eigenvalue weighted by Crippen LogP contribution is 2.25. The molecule has 0 fully saturated rings. The van der Waals surface area contributed by atoms with Gasteiger partial charge < -0.3 is 14.4 Å². The predicted octanol–water partition coefficient (Wildman–Crippen LogP) is 4.65. The van der Waals surface area contributed by atoms with Crippen LogP contribution in [0.1, 0.15) is 22.3 Å². The second kappa shape index (κ2) is 10.3. The maximum absolute atomic E-state index is 13.1. The highest BCUT2D eigenvalue weighted by atomic mass is 16.5. The number of hydrogen-bond acceptors (Lipinski definition) is 4. The number of hydrogen-bond donors (Lipinski definition) is 0. The molecule has 1 amide bonds. The topological polar surface area (TPSA) is 51.7 Å². The molecule has 0 spiro atoms. The zero-order valence-electron chi connectivity index (χ0n) is 17.5. The van der Waals surface area contributed by atoms with Crippen LogP contribution in [-0.2, 0) is 17.9 Å². The highest BCUT2D eigenvalue weighted by molar-refractivity contribution is 5.92. The molecule has 0 bridgehead atoms. The average molecular weight is 402 g/mol. The van der Waals surface area contributed by atoms with Gasteiger partial charge >= 0.3 is 0 Å². The Morgan fingerprint density at radius 3 is 2.57 bits per heavy atom. The van der Waals surface area contributed by atoms with Crippen LogP contribution in [0.2, 0.25) is 0 Å². The van der Waals surface area contributed by atoms with Crippen LogP contribution in [0, 0.1) is 6.92 Å². The molecular formula is C25H26N2O3. The molecule has 0 saturated carbocycles. The SMILES string of the molecule is COc1ccc(OC)c(/C=C/C(=O)N(Cc2cccnc2)Cc2ccccc2C)c1. The van der Waals surface area contributed by atoms with Crippen LogP contribution in [0.4, 0.5) is 0 Å². The summed E-state index contributed by atoms with van der Waals surface area (Å²) in [5, 5.41) is 0. The molecule has 0 aliphatic carbocycles. The van der Waals surface area contributed by atoms with Gasteiger partial charge in [-0.05, 0) is 54.0 Å². The lowest BCUT2D eigenvalue weighted by Crippen LogP contribution is -2.28. The van der Waals surface area contributed by atoms with Gasteiger partial charge in [-0.15, -0.1) is 0 Å². The standard InChI is InChI=1S/C25H26N2O3/c1-19-7-4-5-9-22(19)18-27(17-20-8-6-14-26-16-20)25(28)13-10-21-15-23(29-2)11-12-24(21)30-3/h4-16H,17-18H2,1-3H3/b13-10+. The molecule has 0 N–H and O–H groups in total. The van der Waals surface area contributed by atoms with Gasteiger partial charge in [0.25, 0.3) is 0 Å². The number of ether oxygens (including phenoxy) is 2. The molecule has 0 saturated heterocycles. The summed E-state index contributed by atoms with van der Waals surface area (Å²) >= 11 is 0. The van der Waals surface area contributed by atoms with Gasteiger partial charge in [0.1, 0.15) is 11.5 Å². The van der Waals surface area contributed by atoms with E-state index in [2.05, 4.69) is 18.0 Å². The van der Waals surface area contributed by atoms with Crippen molar-refractivity contribution >= 4 is 12.0 Å². The monoisotopic (exact) mass is 402 g/mol. The molecule has 0 aliphatic rings. The van der Waals surface area contributed by atoms with E-state index in [0.717, 1.165) is 22.3 Å². The van der Waals surface area contributed by atoms with Crippen LogP contribution in [0.25, 0.3) is 6.08 Å². The summed E-state index contributed by atoms with van der Waals surface area (Å²) in [5.41, 5.74) is 4.02. The Kier molecular flexibility index (Phi) is 7.22. The fourth-order valence-electron chi connectivity index (χ4n) is 3.15. The van der Waals surface area contributed by atoms with Gasteiger partial charge in [0.15, 0.2) is 0 Å². The third kappa shape index (κ3) is 5.47. The molecule has 0 atom stereocenters. The Balaban J connectivity index is 1.86. The van der Waals surface area contributed by atoms with Crippen molar-refractivity contribution in [3.63, 3.8) is 0 Å². The zero-order valence-corrected chi connectivity index (χ0v) is 17.5. The van der Waals surface area contributed by atoms with Gasteiger partial charge in [0.2, 0.25) is 5.91 Å². The maximum Gasteiger partial charge on any atom is 0.247 e. The minimum atomic E-state index is -0.0908. The maximum atomic E-state index is 13.1. The van der Waals surface area contributed by atoms with Crippen LogP contribution in [-0.4, -0.2) is 30.0 Å². The van der Waals surface area contributed by atoms with E-state index in [9.17, 15) is 4.79 Å². The number of benzene rings is 2. The largest absolute Gasteiger partial charge is 0.497 e. The lowest BCUT2D eigenvalue weighted by Gasteiger charge is -2.22. The molecule has 5 heteroatoms. The number of pyridine rings is 1. The van der Waals surface area contributed by atoms with E-state index in [1.165, 1.54) is 0 Å². The fourth-order valence-corrected chi connectivity index (χ4v) is 3.15. The summed E-state index contributed by atoms with van der Waals surface area (Å²) in [4.78, 5) is 19.1. The van der Waals surface area contributed by atoms with Gasteiger partial charge in [-0.2, -0.15) is 0 Å². The third-order valence-electron chi connectivity index (χ3n) is 4.87. The highest BCUT2D eigenvalue weighted by Gasteiger charge is 2.14. The Bertz CT molecular complexity index is 1020. The van der Waals surface area contributed by atoms with E-state index >= 15 is 0 Å². The second-order valence-electron chi connectivity index (χ2n) is 6.92. The third-order valence-corrected chi connectivity index (χ3v) is 4.87. The second-order valence-corrected chi connectivity index (χ2v) is 6.92. The normalized spacial score (nSPS) is 10.8. The van der Waals surface area contributed by atoms with Crippen molar-refractivity contribution in [1.82, 2.24) is 9.88 Å². The first-order chi connectivity index (χ1) is 14.6. The van der Waals surface area contributed by atoms with E-state index in [1.54, 1.807) is 38.8 Å². The van der Waals surface area contributed by atoms with E-state index in [4.69, 9.17) is 9.47 Å². The number of nitrogens with zero attached hydrogens (tertiary/aromatic N) is 2. The predicted molar refractivity (Wildman–Crippen MR) is 118 cm³/mol. The Morgan fingerprint density at radius 2 is 1.87 bits per heavy atom. The minimum absolute atomic E-state index is 0.0908. The minimum Gasteiger partial charge on any atom is -0.497 e. The molecular weight excluding hydrogens is 376 g/mol. The summed E-state index contributed by atoms with van der Waals surface area (Å²) in [6.07, 6.45) is 6.85. The fraction of sp³-hybridized carbons (Fsp3) is 0.200. The van der Waals surface area contributed by atoms with Crippen molar-refractivity contribution in [2.45, 2.75) is 20.0 Å². The quantitative estimate of drug-likeness (QED) is 0.515. The van der Waals surface area contributed by atoms with Crippen molar-refractivity contribution in [3.8, 4) is 11.5 Å². The van der Waals surface area contributed by atoms with Crippen LogP contribution < -0.4 is 9.47 Å². The average Bonchev–Trinajstić information content (AvgIpc) is 2.78. The number of rotatable bonds is 8. The van der Waals surface area contributed by atoms with Crippen molar-refractivity contribution in [3.05, 3.63) is 95.3 Å². The van der Waals surface area contributed by atoms with Crippen molar-refractivity contribution in [1.29, 1.82) is 0 Å². The first-order valence-electron chi connectivity index (χ1n) is 9.73. The van der Waals surface area contributed by atoms with Crippen LogP contribution in [0.5, 0.6) is 11.5 Å². The van der Waals surface area contributed by atoms with Crippen LogP contribution in [0.15, 0.2) is 73.1 Å². The first-order valence-corrected chi connectivity index (χ1v) is 9.73. The number of aryl methyl sites for hydroxylation is 1. The van der Waals surface area contributed by atoms with Crippen LogP contribution >= 0.6 is 0 Å². The van der Waals surface area contributed by atoms with E-state index in [1.807, 2.05) is 53.4 Å². The lowest BCUT2D eigenvalue weighted by atomic mass is 10.1. The molecule has 30 heavy (non-hydrogen) atoms. The number of carbonyl (C=O) groups excluding carboxylic acids is 1. The molecule has 2 aromatic carbocycles. The van der Waals surface area contributed by atoms with Crippen molar-refractivity contribution in [2.24, 2.45) is 0 Å². The molecule has 0 aliphatic heterocycles. The van der Waals surface area contributed by atoms with Gasteiger partial charge in [0.05, 0.1) is 14.2 Å². The van der Waals surface area contributed by atoms with Gasteiger partial charge in [-0.1, -0.05) is 30.3 Å². The van der Waals surface area contributed by atoms with Gasteiger partial charge in [-0.25, -0.2) is 0 Å². The van der Waals surface area contributed by atoms with Gasteiger partial charge in [-0.3, -0.25) is 9.78 Å². The molecule has 1 aromatic heterocycles. The van der Waals surface area contributed by atoms with E-state index in [-0.39, 0.29) is 5.91 Å². The van der Waals surface area contributed by atoms with E-state index in [0.29, 0.717) is 24.6 Å². The van der Waals surface area contributed by atoms with E-state index < -0.39 is 0 Å². The summed E-state index contributed by atoms with van der Waals surface area (Å²) < 4.78 is 10.7. The number of amides is 1.